The first-order valence-corrected chi connectivity index (χ1v) is 12.0. The highest BCUT2D eigenvalue weighted by molar-refractivity contribution is 7.92. The molecule has 5 rings (SSSR count). The van der Waals surface area contributed by atoms with Crippen LogP contribution in [0.4, 0.5) is 10.1 Å². The standard InChI is InChI=1S/C24H21FN4O3S/c25-17-9-11-18(12-10-17)28-33(31,32)19-13-7-16(8-14-19)24(30)29-15-3-6-22(29)23-26-20-4-1-2-5-21(20)27-23/h1-2,4-5,7-14,22,28H,3,6,15H2,(H,26,27). The van der Waals surface area contributed by atoms with Gasteiger partial charge in [0, 0.05) is 17.8 Å². The molecule has 0 aliphatic carbocycles. The number of carbonyl (C=O) groups excluding carboxylic acids is 1. The van der Waals surface area contributed by atoms with E-state index in [-0.39, 0.29) is 22.5 Å². The molecule has 0 spiro atoms. The largest absolute Gasteiger partial charge is 0.340 e. The fraction of sp³-hybridized carbons (Fsp3) is 0.167. The van der Waals surface area contributed by atoms with Crippen molar-refractivity contribution in [1.29, 1.82) is 0 Å². The van der Waals surface area contributed by atoms with Crippen LogP contribution in [0.1, 0.15) is 35.1 Å². The molecule has 168 valence electrons. The molecule has 2 heterocycles. The van der Waals surface area contributed by atoms with Crippen LogP contribution in [0.25, 0.3) is 11.0 Å². The number of hydrogen-bond acceptors (Lipinski definition) is 4. The van der Waals surface area contributed by atoms with Gasteiger partial charge in [0.05, 0.1) is 22.0 Å². The average Bonchev–Trinajstić information content (AvgIpc) is 3.47. The van der Waals surface area contributed by atoms with Crippen molar-refractivity contribution in [3.05, 3.63) is 90.0 Å². The van der Waals surface area contributed by atoms with Crippen molar-refractivity contribution in [2.45, 2.75) is 23.8 Å². The molecule has 2 N–H and O–H groups in total. The number of halogens is 1. The molecule has 0 radical (unpaired) electrons. The number of imidazole rings is 1. The Morgan fingerprint density at radius 3 is 2.48 bits per heavy atom. The fourth-order valence-electron chi connectivity index (χ4n) is 4.10. The van der Waals surface area contributed by atoms with Gasteiger partial charge in [-0.25, -0.2) is 17.8 Å². The van der Waals surface area contributed by atoms with Gasteiger partial charge in [0.2, 0.25) is 0 Å². The third kappa shape index (κ3) is 4.19. The van der Waals surface area contributed by atoms with Crippen LogP contribution in [0, 0.1) is 5.82 Å². The topological polar surface area (TPSA) is 95.2 Å². The second-order valence-electron chi connectivity index (χ2n) is 7.93. The van der Waals surface area contributed by atoms with Gasteiger partial charge in [0.1, 0.15) is 11.6 Å². The highest BCUT2D eigenvalue weighted by Crippen LogP contribution is 2.32. The number of nitrogens with zero attached hydrogens (tertiary/aromatic N) is 2. The quantitative estimate of drug-likeness (QED) is 0.455. The first-order valence-electron chi connectivity index (χ1n) is 10.5. The molecule has 7 nitrogen and oxygen atoms in total. The summed E-state index contributed by atoms with van der Waals surface area (Å²) < 4.78 is 40.7. The summed E-state index contributed by atoms with van der Waals surface area (Å²) in [6.45, 7) is 0.604. The van der Waals surface area contributed by atoms with E-state index in [4.69, 9.17) is 0 Å². The molecule has 1 aliphatic heterocycles. The first-order chi connectivity index (χ1) is 15.9. The monoisotopic (exact) mass is 464 g/mol. The van der Waals surface area contributed by atoms with Gasteiger partial charge in [-0.2, -0.15) is 0 Å². The molecule has 9 heteroatoms. The van der Waals surface area contributed by atoms with Gasteiger partial charge >= 0.3 is 0 Å². The summed E-state index contributed by atoms with van der Waals surface area (Å²) in [6, 6.07) is 18.4. The number of amides is 1. The number of aromatic amines is 1. The molecule has 1 unspecified atom stereocenters. The Hall–Kier alpha value is -3.72. The van der Waals surface area contributed by atoms with E-state index in [1.807, 2.05) is 24.3 Å². The van der Waals surface area contributed by atoms with Crippen molar-refractivity contribution in [2.75, 3.05) is 11.3 Å². The minimum Gasteiger partial charge on any atom is -0.340 e. The van der Waals surface area contributed by atoms with Crippen LogP contribution in [0.15, 0.2) is 77.7 Å². The van der Waals surface area contributed by atoms with Crippen LogP contribution in [-0.2, 0) is 10.0 Å². The number of para-hydroxylation sites is 2. The normalized spacial score (nSPS) is 16.3. The lowest BCUT2D eigenvalue weighted by atomic mass is 10.1. The molecule has 33 heavy (non-hydrogen) atoms. The number of nitrogens with one attached hydrogen (secondary N) is 2. The average molecular weight is 465 g/mol. The van der Waals surface area contributed by atoms with Gasteiger partial charge in [-0.15, -0.1) is 0 Å². The van der Waals surface area contributed by atoms with Crippen molar-refractivity contribution in [2.24, 2.45) is 0 Å². The minimum absolute atomic E-state index is 0.0126. The summed E-state index contributed by atoms with van der Waals surface area (Å²) in [5.41, 5.74) is 2.44. The molecule has 4 aromatic rings. The maximum absolute atomic E-state index is 13.2. The van der Waals surface area contributed by atoms with Crippen LogP contribution in [-0.4, -0.2) is 35.7 Å². The zero-order chi connectivity index (χ0) is 23.0. The number of likely N-dealkylation sites (tertiary alicyclic amines) is 1. The number of fused-ring (bicyclic) bond motifs is 1. The second-order valence-corrected chi connectivity index (χ2v) is 9.61. The van der Waals surface area contributed by atoms with E-state index in [0.717, 1.165) is 29.7 Å². The molecule has 1 amide bonds. The molecule has 1 atom stereocenters. The predicted octanol–water partition coefficient (Wildman–Crippen LogP) is 4.48. The lowest BCUT2D eigenvalue weighted by Crippen LogP contribution is -2.31. The minimum atomic E-state index is -3.87. The fourth-order valence-corrected chi connectivity index (χ4v) is 5.16. The SMILES string of the molecule is O=C(c1ccc(S(=O)(=O)Nc2ccc(F)cc2)cc1)N1CCCC1c1nc2ccccc2[nH]1. The Balaban J connectivity index is 1.35. The van der Waals surface area contributed by atoms with E-state index < -0.39 is 15.8 Å². The second kappa shape index (κ2) is 8.32. The van der Waals surface area contributed by atoms with Gasteiger partial charge in [0.25, 0.3) is 15.9 Å². The Morgan fingerprint density at radius 2 is 1.76 bits per heavy atom. The Bertz CT molecular complexity index is 1380. The van der Waals surface area contributed by atoms with Gasteiger partial charge in [-0.1, -0.05) is 12.1 Å². The van der Waals surface area contributed by atoms with E-state index in [9.17, 15) is 17.6 Å². The van der Waals surface area contributed by atoms with Crippen LogP contribution in [0.2, 0.25) is 0 Å². The maximum Gasteiger partial charge on any atom is 0.261 e. The number of sulfonamides is 1. The number of rotatable bonds is 5. The summed E-state index contributed by atoms with van der Waals surface area (Å²) in [6.07, 6.45) is 1.67. The molecular formula is C24H21FN4O3S. The molecule has 3 aromatic carbocycles. The molecule has 0 saturated carbocycles. The summed E-state index contributed by atoms with van der Waals surface area (Å²) in [7, 11) is -3.87. The van der Waals surface area contributed by atoms with Crippen LogP contribution in [0.3, 0.4) is 0 Å². The lowest BCUT2D eigenvalue weighted by molar-refractivity contribution is 0.0730. The highest BCUT2D eigenvalue weighted by atomic mass is 32.2. The number of hydrogen-bond donors (Lipinski definition) is 2. The third-order valence-electron chi connectivity index (χ3n) is 5.74. The van der Waals surface area contributed by atoms with E-state index in [2.05, 4.69) is 14.7 Å². The Kier molecular flexibility index (Phi) is 5.33. The van der Waals surface area contributed by atoms with Gasteiger partial charge in [0.15, 0.2) is 0 Å². The number of H-pyrrole nitrogens is 1. The number of aromatic nitrogens is 2. The molecular weight excluding hydrogens is 443 g/mol. The predicted molar refractivity (Wildman–Crippen MR) is 123 cm³/mol. The highest BCUT2D eigenvalue weighted by Gasteiger charge is 2.32. The first kappa shape index (κ1) is 21.1. The molecule has 1 saturated heterocycles. The summed E-state index contributed by atoms with van der Waals surface area (Å²) in [5.74, 6) is 0.127. The van der Waals surface area contributed by atoms with Crippen molar-refractivity contribution >= 4 is 32.7 Å². The molecule has 1 fully saturated rings. The van der Waals surface area contributed by atoms with Crippen LogP contribution >= 0.6 is 0 Å². The van der Waals surface area contributed by atoms with Gasteiger partial charge in [-0.3, -0.25) is 9.52 Å². The maximum atomic E-state index is 13.2. The van der Waals surface area contributed by atoms with Crippen LogP contribution in [0.5, 0.6) is 0 Å². The molecule has 1 aromatic heterocycles. The number of carbonyl (C=O) groups is 1. The zero-order valence-corrected chi connectivity index (χ0v) is 18.3. The van der Waals surface area contributed by atoms with E-state index in [1.165, 1.54) is 48.5 Å². The van der Waals surface area contributed by atoms with E-state index in [1.54, 1.807) is 4.90 Å². The van der Waals surface area contributed by atoms with Crippen molar-refractivity contribution in [3.8, 4) is 0 Å². The lowest BCUT2D eigenvalue weighted by Gasteiger charge is -2.23. The molecule has 1 aliphatic rings. The number of anilines is 1. The Labute approximate surface area is 190 Å². The summed E-state index contributed by atoms with van der Waals surface area (Å²) in [5, 5.41) is 0. The summed E-state index contributed by atoms with van der Waals surface area (Å²) in [4.78, 5) is 23.0. The number of benzene rings is 3. The molecule has 0 bridgehead atoms. The third-order valence-corrected chi connectivity index (χ3v) is 7.14. The van der Waals surface area contributed by atoms with Crippen molar-refractivity contribution < 1.29 is 17.6 Å². The van der Waals surface area contributed by atoms with Crippen molar-refractivity contribution in [3.63, 3.8) is 0 Å². The van der Waals surface area contributed by atoms with E-state index in [0.29, 0.717) is 12.1 Å². The van der Waals surface area contributed by atoms with Gasteiger partial charge in [-0.05, 0) is 73.5 Å². The van der Waals surface area contributed by atoms with Crippen LogP contribution < -0.4 is 4.72 Å². The zero-order valence-electron chi connectivity index (χ0n) is 17.5. The van der Waals surface area contributed by atoms with Crippen molar-refractivity contribution in [1.82, 2.24) is 14.9 Å². The Morgan fingerprint density at radius 1 is 1.03 bits per heavy atom. The summed E-state index contributed by atoms with van der Waals surface area (Å²) >= 11 is 0. The smallest absolute Gasteiger partial charge is 0.261 e. The van der Waals surface area contributed by atoms with E-state index >= 15 is 0 Å². The van der Waals surface area contributed by atoms with Gasteiger partial charge < -0.3 is 9.88 Å².